The molecule has 0 bridgehead atoms. The predicted octanol–water partition coefficient (Wildman–Crippen LogP) is 3.51. The Kier molecular flexibility index (Phi) is 5.94. The Morgan fingerprint density at radius 3 is 2.52 bits per heavy atom. The third-order valence-corrected chi connectivity index (χ3v) is 7.76. The maximum Gasteiger partial charge on any atom is 0.150 e. The molecule has 6 nitrogen and oxygen atoms in total. The zero-order valence-corrected chi connectivity index (χ0v) is 19.0. The maximum absolute atomic E-state index is 12.9. The van der Waals surface area contributed by atoms with Gasteiger partial charge in [-0.25, -0.2) is 4.21 Å². The molecule has 2 unspecified atom stereocenters. The lowest BCUT2D eigenvalue weighted by Crippen LogP contribution is -2.54. The van der Waals surface area contributed by atoms with Crippen molar-refractivity contribution in [1.29, 1.82) is 5.41 Å². The van der Waals surface area contributed by atoms with Crippen LogP contribution in [-0.2, 0) is 11.0 Å². The van der Waals surface area contributed by atoms with Crippen LogP contribution >= 0.6 is 0 Å². The maximum atomic E-state index is 12.9. The predicted molar refractivity (Wildman–Crippen MR) is 124 cm³/mol. The van der Waals surface area contributed by atoms with E-state index in [0.717, 1.165) is 29.5 Å². The Morgan fingerprint density at radius 1 is 1.16 bits per heavy atom. The van der Waals surface area contributed by atoms with Gasteiger partial charge in [0.1, 0.15) is 16.8 Å². The number of amidine groups is 1. The van der Waals surface area contributed by atoms with Crippen LogP contribution in [0, 0.1) is 19.3 Å². The molecule has 0 amide bonds. The summed E-state index contributed by atoms with van der Waals surface area (Å²) in [5, 5.41) is 29.3. The van der Waals surface area contributed by atoms with E-state index in [0.29, 0.717) is 42.2 Å². The zero-order valence-electron chi connectivity index (χ0n) is 18.1. The van der Waals surface area contributed by atoms with E-state index in [9.17, 15) is 14.4 Å². The smallest absolute Gasteiger partial charge is 0.150 e. The fourth-order valence-electron chi connectivity index (χ4n) is 4.74. The van der Waals surface area contributed by atoms with Crippen molar-refractivity contribution in [3.8, 4) is 0 Å². The van der Waals surface area contributed by atoms with Crippen LogP contribution in [0.4, 0.5) is 5.69 Å². The van der Waals surface area contributed by atoms with Crippen molar-refractivity contribution >= 4 is 22.5 Å². The monoisotopic (exact) mass is 441 g/mol. The second kappa shape index (κ2) is 8.37. The Morgan fingerprint density at radius 2 is 1.87 bits per heavy atom. The van der Waals surface area contributed by atoms with Crippen molar-refractivity contribution in [2.75, 3.05) is 17.9 Å². The number of anilines is 1. The molecule has 2 aliphatic rings. The normalized spacial score (nSPS) is 22.9. The highest BCUT2D eigenvalue weighted by atomic mass is 32.2. The van der Waals surface area contributed by atoms with Gasteiger partial charge in [-0.2, -0.15) is 0 Å². The van der Waals surface area contributed by atoms with Crippen LogP contribution in [0.1, 0.15) is 48.8 Å². The second-order valence-corrected chi connectivity index (χ2v) is 10.2. The number of hydrogen-bond acceptors (Lipinski definition) is 4. The van der Waals surface area contributed by atoms with Crippen molar-refractivity contribution in [1.82, 2.24) is 4.90 Å². The summed E-state index contributed by atoms with van der Waals surface area (Å²) in [5.74, 6) is 0.407. The number of piperidine rings is 1. The number of aliphatic hydroxyl groups excluding tert-OH is 1. The molecular weight excluding hydrogens is 410 g/mol. The van der Waals surface area contributed by atoms with Gasteiger partial charge < -0.3 is 19.8 Å². The fraction of sp³-hybridized carbons (Fsp3) is 0.458. The average Bonchev–Trinajstić information content (AvgIpc) is 3.47. The van der Waals surface area contributed by atoms with E-state index in [1.165, 1.54) is 0 Å². The third kappa shape index (κ3) is 4.40. The summed E-state index contributed by atoms with van der Waals surface area (Å²) < 4.78 is 16.1. The highest BCUT2D eigenvalue weighted by molar-refractivity contribution is 7.86. The van der Waals surface area contributed by atoms with E-state index in [1.807, 2.05) is 56.3 Å². The van der Waals surface area contributed by atoms with Gasteiger partial charge in [-0.1, -0.05) is 29.8 Å². The van der Waals surface area contributed by atoms with Crippen LogP contribution in [-0.4, -0.2) is 49.4 Å². The molecule has 7 heteroatoms. The molecule has 4 N–H and O–H groups in total. The molecule has 1 spiro atoms. The molecule has 2 atom stereocenters. The molecule has 1 aliphatic carbocycles. The summed E-state index contributed by atoms with van der Waals surface area (Å²) >= 11 is 0. The van der Waals surface area contributed by atoms with E-state index in [-0.39, 0.29) is 12.1 Å². The molecule has 2 aromatic rings. The number of nitrogens with zero attached hydrogens (tertiary/aromatic N) is 1. The minimum atomic E-state index is -1.43. The van der Waals surface area contributed by atoms with Gasteiger partial charge in [-0.3, -0.25) is 5.41 Å². The van der Waals surface area contributed by atoms with E-state index in [2.05, 4.69) is 9.62 Å². The summed E-state index contributed by atoms with van der Waals surface area (Å²) in [6.45, 7) is 4.51. The average molecular weight is 442 g/mol. The molecular formula is C24H31N3O3S. The first-order valence-corrected chi connectivity index (χ1v) is 12.0. The van der Waals surface area contributed by atoms with Crippen molar-refractivity contribution in [3.63, 3.8) is 0 Å². The van der Waals surface area contributed by atoms with Crippen LogP contribution in [0.3, 0.4) is 0 Å². The van der Waals surface area contributed by atoms with Gasteiger partial charge >= 0.3 is 0 Å². The van der Waals surface area contributed by atoms with Gasteiger partial charge in [0.15, 0.2) is 0 Å². The van der Waals surface area contributed by atoms with Crippen molar-refractivity contribution in [2.45, 2.75) is 62.0 Å². The van der Waals surface area contributed by atoms with E-state index in [1.54, 1.807) is 0 Å². The van der Waals surface area contributed by atoms with Crippen LogP contribution in [0.5, 0.6) is 0 Å². The van der Waals surface area contributed by atoms with Crippen LogP contribution in [0.25, 0.3) is 0 Å². The van der Waals surface area contributed by atoms with Crippen molar-refractivity contribution in [3.05, 3.63) is 59.2 Å². The molecule has 31 heavy (non-hydrogen) atoms. The number of aryl methyl sites for hydroxylation is 2. The lowest BCUT2D eigenvalue weighted by Gasteiger charge is -2.46. The molecule has 1 saturated carbocycles. The first kappa shape index (κ1) is 22.0. The minimum Gasteiger partial charge on any atom is -0.396 e. The zero-order chi connectivity index (χ0) is 22.2. The minimum absolute atomic E-state index is 0.0271. The SMILES string of the molecule is Cc1ccc(S(=O)Nc2cccc(C)c2C(=N)N2CCC(O)(CCO)CC23CC3)cc1. The number of nitrogens with one attached hydrogen (secondary N) is 2. The van der Waals surface area contributed by atoms with Gasteiger partial charge in [0, 0.05) is 24.3 Å². The first-order chi connectivity index (χ1) is 14.8. The molecule has 1 aliphatic heterocycles. The third-order valence-electron chi connectivity index (χ3n) is 6.65. The molecule has 2 fully saturated rings. The van der Waals surface area contributed by atoms with Crippen molar-refractivity contribution in [2.24, 2.45) is 0 Å². The van der Waals surface area contributed by atoms with Gasteiger partial charge in [-0.05, 0) is 69.7 Å². The Hall–Kier alpha value is -2.22. The van der Waals surface area contributed by atoms with Crippen molar-refractivity contribution < 1.29 is 14.4 Å². The number of rotatable bonds is 6. The standard InChI is InChI=1S/C24H31N3O3S/c1-17-6-8-19(9-7-17)31(30)26-20-5-3-4-18(2)21(20)22(25)27-14-12-24(29,13-15-28)16-23(27)10-11-23/h3-9,25-26,28-29H,10-16H2,1-2H3. The van der Waals surface area contributed by atoms with E-state index < -0.39 is 16.6 Å². The fourth-order valence-corrected chi connectivity index (χ4v) is 5.61. The lowest BCUT2D eigenvalue weighted by atomic mass is 9.82. The molecule has 166 valence electrons. The summed E-state index contributed by atoms with van der Waals surface area (Å²) in [6, 6.07) is 13.3. The summed E-state index contributed by atoms with van der Waals surface area (Å²) in [5.41, 5.74) is 2.41. The highest BCUT2D eigenvalue weighted by Crippen LogP contribution is 2.52. The Labute approximate surface area is 186 Å². The number of likely N-dealkylation sites (tertiary alicyclic amines) is 1. The number of aliphatic hydroxyl groups is 2. The van der Waals surface area contributed by atoms with E-state index in [4.69, 9.17) is 5.41 Å². The van der Waals surface area contributed by atoms with Gasteiger partial charge in [-0.15, -0.1) is 0 Å². The molecule has 4 rings (SSSR count). The Balaban J connectivity index is 1.59. The lowest BCUT2D eigenvalue weighted by molar-refractivity contribution is -0.0505. The summed E-state index contributed by atoms with van der Waals surface area (Å²) in [6.07, 6.45) is 3.36. The van der Waals surface area contributed by atoms with Gasteiger partial charge in [0.05, 0.1) is 16.2 Å². The molecule has 1 saturated heterocycles. The summed E-state index contributed by atoms with van der Waals surface area (Å²) in [4.78, 5) is 2.80. The number of hydrogen-bond donors (Lipinski definition) is 4. The topological polar surface area (TPSA) is 96.7 Å². The van der Waals surface area contributed by atoms with Crippen LogP contribution in [0.2, 0.25) is 0 Å². The van der Waals surface area contributed by atoms with E-state index >= 15 is 0 Å². The first-order valence-electron chi connectivity index (χ1n) is 10.8. The van der Waals surface area contributed by atoms with Crippen LogP contribution < -0.4 is 4.72 Å². The second-order valence-electron chi connectivity index (χ2n) is 9.03. The van der Waals surface area contributed by atoms with Gasteiger partial charge in [0.25, 0.3) is 0 Å². The summed E-state index contributed by atoms with van der Waals surface area (Å²) in [7, 11) is -1.43. The Bertz CT molecular complexity index is 1000. The quantitative estimate of drug-likeness (QED) is 0.407. The highest BCUT2D eigenvalue weighted by Gasteiger charge is 2.56. The molecule has 0 radical (unpaired) electrons. The van der Waals surface area contributed by atoms with Gasteiger partial charge in [0.2, 0.25) is 0 Å². The molecule has 2 aromatic carbocycles. The molecule has 1 heterocycles. The largest absolute Gasteiger partial charge is 0.396 e. The van der Waals surface area contributed by atoms with Crippen LogP contribution in [0.15, 0.2) is 47.4 Å². The number of benzene rings is 2. The molecule has 0 aromatic heterocycles.